The number of nitrogens with one attached hydrogen (secondary N) is 2. The van der Waals surface area contributed by atoms with Gasteiger partial charge in [-0.15, -0.1) is 0 Å². The van der Waals surface area contributed by atoms with Crippen molar-refractivity contribution in [2.45, 2.75) is 32.9 Å². The number of nitrogens with zero attached hydrogens (tertiary/aromatic N) is 3. The summed E-state index contributed by atoms with van der Waals surface area (Å²) in [6.45, 7) is 5.54. The van der Waals surface area contributed by atoms with Gasteiger partial charge in [0.15, 0.2) is 5.11 Å². The van der Waals surface area contributed by atoms with Gasteiger partial charge in [0, 0.05) is 35.9 Å². The number of rotatable bonds is 6. The van der Waals surface area contributed by atoms with Crippen molar-refractivity contribution >= 4 is 34.6 Å². The van der Waals surface area contributed by atoms with Gasteiger partial charge in [-0.3, -0.25) is 9.78 Å². The number of benzene rings is 2. The fourth-order valence-corrected chi connectivity index (χ4v) is 5.50. The number of hydrogen-bond acceptors (Lipinski definition) is 4. The van der Waals surface area contributed by atoms with E-state index in [2.05, 4.69) is 38.1 Å². The van der Waals surface area contributed by atoms with E-state index in [1.807, 2.05) is 43.3 Å². The van der Waals surface area contributed by atoms with Crippen molar-refractivity contribution in [3.05, 3.63) is 101 Å². The van der Waals surface area contributed by atoms with E-state index in [1.54, 1.807) is 25.4 Å². The van der Waals surface area contributed by atoms with Crippen molar-refractivity contribution in [3.63, 3.8) is 0 Å². The average molecular weight is 530 g/mol. The molecule has 9 heteroatoms. The van der Waals surface area contributed by atoms with Gasteiger partial charge in [-0.1, -0.05) is 6.07 Å². The maximum atomic E-state index is 13.7. The number of pyridine rings is 1. The van der Waals surface area contributed by atoms with E-state index >= 15 is 0 Å². The number of aromatic nitrogens is 2. The third kappa shape index (κ3) is 4.61. The minimum atomic E-state index is -0.280. The summed E-state index contributed by atoms with van der Waals surface area (Å²) in [5.41, 5.74) is 6.14. The first-order valence-corrected chi connectivity index (χ1v) is 12.6. The Balaban J connectivity index is 1.67. The zero-order valence-electron chi connectivity index (χ0n) is 21.5. The largest absolute Gasteiger partial charge is 0.495 e. The van der Waals surface area contributed by atoms with Gasteiger partial charge < -0.3 is 24.8 Å². The monoisotopic (exact) mass is 529 g/mol. The molecule has 2 N–H and O–H groups in total. The number of anilines is 2. The van der Waals surface area contributed by atoms with E-state index in [0.717, 1.165) is 34.0 Å². The van der Waals surface area contributed by atoms with Gasteiger partial charge in [0.2, 0.25) is 5.91 Å². The second kappa shape index (κ2) is 10.3. The van der Waals surface area contributed by atoms with Crippen LogP contribution in [0.3, 0.4) is 0 Å². The minimum absolute atomic E-state index is 0.201. The van der Waals surface area contributed by atoms with Crippen LogP contribution >= 0.6 is 12.2 Å². The highest BCUT2D eigenvalue weighted by atomic mass is 32.1. The quantitative estimate of drug-likeness (QED) is 0.309. The fraction of sp³-hybridized carbons (Fsp3) is 0.207. The van der Waals surface area contributed by atoms with E-state index in [-0.39, 0.29) is 23.8 Å². The lowest BCUT2D eigenvalue weighted by Crippen LogP contribution is -2.29. The highest BCUT2D eigenvalue weighted by Crippen LogP contribution is 2.45. The zero-order valence-corrected chi connectivity index (χ0v) is 22.3. The number of ether oxygens (including phenoxy) is 1. The van der Waals surface area contributed by atoms with E-state index < -0.39 is 0 Å². The summed E-state index contributed by atoms with van der Waals surface area (Å²) in [6, 6.07) is 19.5. The summed E-state index contributed by atoms with van der Waals surface area (Å²) in [6.07, 6.45) is 1.77. The Morgan fingerprint density at radius 1 is 1.08 bits per heavy atom. The SMILES string of the molecule is COc1ccc(N2C(=S)NC(c3ccccn3)C2c2cc(C)n(-c3ccc(F)cc3)c2C)cc1NC(C)=O. The van der Waals surface area contributed by atoms with Crippen molar-refractivity contribution in [2.24, 2.45) is 0 Å². The second-order valence-electron chi connectivity index (χ2n) is 9.20. The molecular weight excluding hydrogens is 501 g/mol. The van der Waals surface area contributed by atoms with Crippen LogP contribution in [0.1, 0.15) is 41.7 Å². The van der Waals surface area contributed by atoms with Gasteiger partial charge in [-0.05, 0) is 92.3 Å². The summed E-state index contributed by atoms with van der Waals surface area (Å²) in [5.74, 6) is 0.0697. The number of amides is 1. The van der Waals surface area contributed by atoms with Crippen molar-refractivity contribution in [2.75, 3.05) is 17.3 Å². The lowest BCUT2D eigenvalue weighted by Gasteiger charge is -2.29. The highest BCUT2D eigenvalue weighted by molar-refractivity contribution is 7.80. The summed E-state index contributed by atoms with van der Waals surface area (Å²) < 4.78 is 21.2. The molecule has 1 aliphatic rings. The van der Waals surface area contributed by atoms with E-state index in [4.69, 9.17) is 17.0 Å². The Hall–Kier alpha value is -4.24. The average Bonchev–Trinajstić information content (AvgIpc) is 3.39. The molecule has 3 heterocycles. The first kappa shape index (κ1) is 25.4. The predicted octanol–water partition coefficient (Wildman–Crippen LogP) is 5.77. The number of halogens is 1. The first-order valence-electron chi connectivity index (χ1n) is 12.2. The van der Waals surface area contributed by atoms with Crippen LogP contribution in [0.2, 0.25) is 0 Å². The molecule has 0 saturated carbocycles. The molecule has 0 aliphatic carbocycles. The van der Waals surface area contributed by atoms with Crippen LogP contribution in [0.5, 0.6) is 5.75 Å². The Kier molecular flexibility index (Phi) is 6.86. The maximum absolute atomic E-state index is 13.7. The summed E-state index contributed by atoms with van der Waals surface area (Å²) in [5, 5.41) is 6.86. The van der Waals surface area contributed by atoms with Crippen molar-refractivity contribution < 1.29 is 13.9 Å². The second-order valence-corrected chi connectivity index (χ2v) is 9.59. The van der Waals surface area contributed by atoms with Crippen LogP contribution in [0.15, 0.2) is 72.9 Å². The van der Waals surface area contributed by atoms with Crippen molar-refractivity contribution in [1.82, 2.24) is 14.9 Å². The van der Waals surface area contributed by atoms with Crippen LogP contribution in [0.4, 0.5) is 15.8 Å². The molecule has 7 nitrogen and oxygen atoms in total. The molecule has 2 unspecified atom stereocenters. The molecule has 1 amide bonds. The number of carbonyl (C=O) groups is 1. The Labute approximate surface area is 226 Å². The molecule has 1 aliphatic heterocycles. The predicted molar refractivity (Wildman–Crippen MR) is 150 cm³/mol. The molecule has 1 saturated heterocycles. The van der Waals surface area contributed by atoms with Crippen molar-refractivity contribution in [1.29, 1.82) is 0 Å². The number of thiocarbonyl (C=S) groups is 1. The lowest BCUT2D eigenvalue weighted by atomic mass is 9.96. The summed E-state index contributed by atoms with van der Waals surface area (Å²) in [4.78, 5) is 18.6. The Morgan fingerprint density at radius 2 is 1.82 bits per heavy atom. The molecule has 0 radical (unpaired) electrons. The summed E-state index contributed by atoms with van der Waals surface area (Å²) >= 11 is 5.88. The molecule has 38 heavy (non-hydrogen) atoms. The summed E-state index contributed by atoms with van der Waals surface area (Å²) in [7, 11) is 1.56. The third-order valence-corrected chi connectivity index (χ3v) is 7.06. The van der Waals surface area contributed by atoms with E-state index in [1.165, 1.54) is 19.1 Å². The smallest absolute Gasteiger partial charge is 0.221 e. The van der Waals surface area contributed by atoms with Gasteiger partial charge >= 0.3 is 0 Å². The fourth-order valence-electron chi connectivity index (χ4n) is 5.16. The zero-order chi connectivity index (χ0) is 27.0. The molecule has 0 spiro atoms. The molecule has 2 aromatic heterocycles. The van der Waals surface area contributed by atoms with Gasteiger partial charge in [0.25, 0.3) is 0 Å². The molecular formula is C29H28FN5O2S. The number of carbonyl (C=O) groups excluding carboxylic acids is 1. The third-order valence-electron chi connectivity index (χ3n) is 6.74. The number of hydrogen-bond donors (Lipinski definition) is 2. The topological polar surface area (TPSA) is 71.4 Å². The van der Waals surface area contributed by atoms with Crippen LogP contribution in [0.25, 0.3) is 5.69 Å². The van der Waals surface area contributed by atoms with Crippen LogP contribution in [0, 0.1) is 19.7 Å². The maximum Gasteiger partial charge on any atom is 0.221 e. The molecule has 4 aromatic rings. The molecule has 2 atom stereocenters. The number of aryl methyl sites for hydroxylation is 1. The molecule has 0 bridgehead atoms. The van der Waals surface area contributed by atoms with Gasteiger partial charge in [-0.2, -0.15) is 0 Å². The molecule has 194 valence electrons. The Morgan fingerprint density at radius 3 is 2.47 bits per heavy atom. The first-order chi connectivity index (χ1) is 18.3. The molecule has 1 fully saturated rings. The van der Waals surface area contributed by atoms with Gasteiger partial charge in [0.1, 0.15) is 11.6 Å². The lowest BCUT2D eigenvalue weighted by molar-refractivity contribution is -0.114. The van der Waals surface area contributed by atoms with Gasteiger partial charge in [0.05, 0.1) is 30.6 Å². The van der Waals surface area contributed by atoms with Crippen LogP contribution in [-0.2, 0) is 4.79 Å². The molecule has 5 rings (SSSR count). The highest BCUT2D eigenvalue weighted by Gasteiger charge is 2.42. The standard InChI is InChI=1S/C29H28FN5O2S/c1-17-15-23(18(2)34(17)21-10-8-20(30)9-11-21)28-27(24-7-5-6-14-31-24)33-29(38)35(28)22-12-13-26(37-4)25(16-22)32-19(3)36/h5-16,27-28H,1-4H3,(H,32,36)(H,33,38). The molecule has 2 aromatic carbocycles. The minimum Gasteiger partial charge on any atom is -0.495 e. The normalized spacial score (nSPS) is 16.9. The van der Waals surface area contributed by atoms with E-state index in [9.17, 15) is 9.18 Å². The van der Waals surface area contributed by atoms with Gasteiger partial charge in [-0.25, -0.2) is 4.39 Å². The van der Waals surface area contributed by atoms with Crippen LogP contribution in [-0.4, -0.2) is 27.7 Å². The Bertz CT molecular complexity index is 1500. The van der Waals surface area contributed by atoms with E-state index in [0.29, 0.717) is 16.5 Å². The number of methoxy groups -OCH3 is 1. The van der Waals surface area contributed by atoms with Crippen LogP contribution < -0.4 is 20.3 Å². The van der Waals surface area contributed by atoms with Crippen molar-refractivity contribution in [3.8, 4) is 11.4 Å².